The largest absolute Gasteiger partial charge is 0.408 e. The molecule has 0 radical (unpaired) electrons. The molecule has 0 atom stereocenters. The molecule has 0 aliphatic carbocycles. The van der Waals surface area contributed by atoms with Crippen LogP contribution in [0.4, 0.5) is 13.2 Å². The van der Waals surface area contributed by atoms with Crippen molar-refractivity contribution in [2.75, 3.05) is 14.1 Å². The van der Waals surface area contributed by atoms with Crippen LogP contribution in [0.1, 0.15) is 20.8 Å². The first kappa shape index (κ1) is 14.0. The highest BCUT2D eigenvalue weighted by Crippen LogP contribution is 2.18. The Morgan fingerprint density at radius 1 is 1.44 bits per heavy atom. The second kappa shape index (κ2) is 4.67. The molecule has 0 bridgehead atoms. The van der Waals surface area contributed by atoms with E-state index in [2.05, 4.69) is 5.10 Å². The van der Waals surface area contributed by atoms with Gasteiger partial charge in [-0.25, -0.2) is 0 Å². The number of amides is 2. The fraction of sp³-hybridized carbons (Fsp3) is 0.444. The highest BCUT2D eigenvalue weighted by atomic mass is 19.4. The lowest BCUT2D eigenvalue weighted by atomic mass is 10.2. The minimum Gasteiger partial charge on any atom is -0.365 e. The number of carbonyl (C=O) groups is 2. The number of nitrogens with two attached hydrogens (primary N) is 1. The minimum absolute atomic E-state index is 0.335. The summed E-state index contributed by atoms with van der Waals surface area (Å²) in [5.74, 6) is -1.70. The number of aromatic nitrogens is 2. The van der Waals surface area contributed by atoms with Gasteiger partial charge in [-0.15, -0.1) is 0 Å². The standard InChI is InChI=1S/C9H11F3N4O2/c1-15(2)8(18)6-5(7(13)17)3-16(14-6)4-9(10,11)12/h3H,4H2,1-2H3,(H2,13,17). The normalized spacial score (nSPS) is 11.4. The zero-order valence-corrected chi connectivity index (χ0v) is 9.65. The monoisotopic (exact) mass is 264 g/mol. The molecule has 0 aliphatic heterocycles. The summed E-state index contributed by atoms with van der Waals surface area (Å²) in [7, 11) is 2.77. The van der Waals surface area contributed by atoms with E-state index >= 15 is 0 Å². The zero-order valence-electron chi connectivity index (χ0n) is 9.65. The van der Waals surface area contributed by atoms with Crippen molar-refractivity contribution in [1.29, 1.82) is 0 Å². The van der Waals surface area contributed by atoms with Crippen LogP contribution in [-0.4, -0.2) is 46.8 Å². The molecule has 0 aliphatic rings. The van der Waals surface area contributed by atoms with E-state index in [4.69, 9.17) is 5.73 Å². The van der Waals surface area contributed by atoms with E-state index in [0.29, 0.717) is 4.68 Å². The van der Waals surface area contributed by atoms with Gasteiger partial charge in [-0.2, -0.15) is 18.3 Å². The van der Waals surface area contributed by atoms with E-state index in [1.165, 1.54) is 14.1 Å². The van der Waals surface area contributed by atoms with Gasteiger partial charge in [0.1, 0.15) is 6.54 Å². The number of halogens is 3. The molecule has 0 saturated carbocycles. The van der Waals surface area contributed by atoms with Crippen molar-refractivity contribution in [3.8, 4) is 0 Å². The summed E-state index contributed by atoms with van der Waals surface area (Å²) in [6, 6.07) is 0. The molecule has 0 aromatic carbocycles. The van der Waals surface area contributed by atoms with Gasteiger partial charge < -0.3 is 10.6 Å². The summed E-state index contributed by atoms with van der Waals surface area (Å²) >= 11 is 0. The Labute approximate surface area is 100 Å². The minimum atomic E-state index is -4.50. The third-order valence-electron chi connectivity index (χ3n) is 1.98. The maximum Gasteiger partial charge on any atom is 0.408 e. The van der Waals surface area contributed by atoms with Gasteiger partial charge in [0.2, 0.25) is 0 Å². The van der Waals surface area contributed by atoms with E-state index in [1.807, 2.05) is 0 Å². The average Bonchev–Trinajstić information content (AvgIpc) is 2.57. The maximum absolute atomic E-state index is 12.2. The van der Waals surface area contributed by atoms with Crippen molar-refractivity contribution >= 4 is 11.8 Å². The lowest BCUT2D eigenvalue weighted by molar-refractivity contribution is -0.142. The Morgan fingerprint density at radius 2 is 2.00 bits per heavy atom. The third-order valence-corrected chi connectivity index (χ3v) is 1.98. The van der Waals surface area contributed by atoms with Crippen molar-refractivity contribution in [2.24, 2.45) is 5.73 Å². The van der Waals surface area contributed by atoms with Gasteiger partial charge in [0.05, 0.1) is 5.56 Å². The van der Waals surface area contributed by atoms with Gasteiger partial charge in [0, 0.05) is 20.3 Å². The van der Waals surface area contributed by atoms with Gasteiger partial charge in [-0.3, -0.25) is 14.3 Å². The summed E-state index contributed by atoms with van der Waals surface area (Å²) in [5.41, 5.74) is 4.26. The second-order valence-corrected chi connectivity index (χ2v) is 3.77. The summed E-state index contributed by atoms with van der Waals surface area (Å²) in [4.78, 5) is 23.7. The summed E-state index contributed by atoms with van der Waals surface area (Å²) in [5, 5.41) is 3.44. The molecule has 0 saturated heterocycles. The third kappa shape index (κ3) is 3.22. The molecule has 1 aromatic rings. The first-order chi connectivity index (χ1) is 8.11. The van der Waals surface area contributed by atoms with Crippen LogP contribution < -0.4 is 5.73 Å². The Balaban J connectivity index is 3.17. The smallest absolute Gasteiger partial charge is 0.365 e. The second-order valence-electron chi connectivity index (χ2n) is 3.77. The average molecular weight is 264 g/mol. The lowest BCUT2D eigenvalue weighted by Crippen LogP contribution is -2.25. The number of carbonyl (C=O) groups excluding carboxylic acids is 2. The first-order valence-corrected chi connectivity index (χ1v) is 4.77. The van der Waals surface area contributed by atoms with E-state index in [1.54, 1.807) is 0 Å². The molecule has 18 heavy (non-hydrogen) atoms. The molecular formula is C9H11F3N4O2. The zero-order chi connectivity index (χ0) is 14.1. The fourth-order valence-electron chi connectivity index (χ4n) is 1.24. The van der Waals surface area contributed by atoms with Gasteiger partial charge >= 0.3 is 6.18 Å². The lowest BCUT2D eigenvalue weighted by Gasteiger charge is -2.08. The van der Waals surface area contributed by atoms with Crippen LogP contribution in [0.25, 0.3) is 0 Å². The number of alkyl halides is 3. The topological polar surface area (TPSA) is 81.2 Å². The van der Waals surface area contributed by atoms with E-state index in [-0.39, 0.29) is 5.56 Å². The Bertz CT molecular complexity index is 479. The quantitative estimate of drug-likeness (QED) is 0.849. The molecule has 1 aromatic heterocycles. The predicted octanol–water partition coefficient (Wildman–Crippen LogP) is 0.246. The number of rotatable bonds is 3. The molecule has 100 valence electrons. The summed E-state index contributed by atoms with van der Waals surface area (Å²) < 4.78 is 37.0. The van der Waals surface area contributed by atoms with Gasteiger partial charge in [0.25, 0.3) is 11.8 Å². The molecule has 1 rings (SSSR count). The molecular weight excluding hydrogens is 253 g/mol. The van der Waals surface area contributed by atoms with Gasteiger partial charge in [-0.1, -0.05) is 0 Å². The number of nitrogens with zero attached hydrogens (tertiary/aromatic N) is 3. The molecule has 1 heterocycles. The van der Waals surface area contributed by atoms with Crippen molar-refractivity contribution in [2.45, 2.75) is 12.7 Å². The van der Waals surface area contributed by atoms with Crippen molar-refractivity contribution in [1.82, 2.24) is 14.7 Å². The SMILES string of the molecule is CN(C)C(=O)c1nn(CC(F)(F)F)cc1C(N)=O. The van der Waals surface area contributed by atoms with Crippen LogP contribution in [0.3, 0.4) is 0 Å². The molecule has 9 heteroatoms. The van der Waals surface area contributed by atoms with E-state index < -0.39 is 30.2 Å². The molecule has 0 spiro atoms. The molecule has 6 nitrogen and oxygen atoms in total. The predicted molar refractivity (Wildman–Crippen MR) is 54.8 cm³/mol. The fourth-order valence-corrected chi connectivity index (χ4v) is 1.24. The number of hydrogen-bond donors (Lipinski definition) is 1. The molecule has 2 N–H and O–H groups in total. The molecule has 2 amide bonds. The van der Waals surface area contributed by atoms with Gasteiger partial charge in [0.15, 0.2) is 5.69 Å². The van der Waals surface area contributed by atoms with Crippen molar-refractivity contribution in [3.63, 3.8) is 0 Å². The summed E-state index contributed by atoms with van der Waals surface area (Å²) in [6.45, 7) is -1.39. The molecule has 0 fully saturated rings. The van der Waals surface area contributed by atoms with Crippen LogP contribution in [0, 0.1) is 0 Å². The van der Waals surface area contributed by atoms with Crippen LogP contribution in [0.2, 0.25) is 0 Å². The maximum atomic E-state index is 12.2. The first-order valence-electron chi connectivity index (χ1n) is 4.77. The van der Waals surface area contributed by atoms with Crippen LogP contribution in [0.5, 0.6) is 0 Å². The Morgan fingerprint density at radius 3 is 2.39 bits per heavy atom. The van der Waals surface area contributed by atoms with Crippen LogP contribution in [0.15, 0.2) is 6.20 Å². The Hall–Kier alpha value is -2.06. The Kier molecular flexibility index (Phi) is 3.63. The number of hydrogen-bond acceptors (Lipinski definition) is 3. The van der Waals surface area contributed by atoms with Gasteiger partial charge in [-0.05, 0) is 0 Å². The van der Waals surface area contributed by atoms with E-state index in [0.717, 1.165) is 11.1 Å². The highest BCUT2D eigenvalue weighted by Gasteiger charge is 2.30. The van der Waals surface area contributed by atoms with Crippen LogP contribution >= 0.6 is 0 Å². The number of primary amides is 1. The van der Waals surface area contributed by atoms with Crippen molar-refractivity contribution in [3.05, 3.63) is 17.5 Å². The van der Waals surface area contributed by atoms with E-state index in [9.17, 15) is 22.8 Å². The highest BCUT2D eigenvalue weighted by molar-refractivity contribution is 6.05. The molecule has 0 unspecified atom stereocenters. The van der Waals surface area contributed by atoms with Crippen molar-refractivity contribution < 1.29 is 22.8 Å². The summed E-state index contributed by atoms with van der Waals surface area (Å²) in [6.07, 6.45) is -3.69. The van der Waals surface area contributed by atoms with Crippen LogP contribution in [-0.2, 0) is 6.54 Å².